The van der Waals surface area contributed by atoms with Crippen molar-refractivity contribution in [3.05, 3.63) is 28.2 Å². The van der Waals surface area contributed by atoms with E-state index in [0.717, 1.165) is 18.4 Å². The standard InChI is InChI=1S/C14H21BrN2O2S.ClH/c1-10-5-3-7-13(14(10)15)20(18,19)17-8-4-6-12(9-17)11(2)16;/h3,5,7,11-12H,4,6,8-9,16H2,1-2H3;1H. The van der Waals surface area contributed by atoms with E-state index in [-0.39, 0.29) is 24.4 Å². The molecular weight excluding hydrogens is 376 g/mol. The molecule has 0 saturated carbocycles. The molecule has 0 radical (unpaired) electrons. The van der Waals surface area contributed by atoms with E-state index in [4.69, 9.17) is 5.73 Å². The lowest BCUT2D eigenvalue weighted by Crippen LogP contribution is -2.45. The molecule has 1 saturated heterocycles. The van der Waals surface area contributed by atoms with E-state index in [1.807, 2.05) is 19.9 Å². The third kappa shape index (κ3) is 3.99. The molecule has 1 aromatic rings. The molecule has 1 heterocycles. The topological polar surface area (TPSA) is 63.4 Å². The fraction of sp³-hybridized carbons (Fsp3) is 0.571. The molecule has 2 atom stereocenters. The zero-order chi connectivity index (χ0) is 14.9. The van der Waals surface area contributed by atoms with Crippen molar-refractivity contribution in [3.8, 4) is 0 Å². The Balaban J connectivity index is 0.00000220. The minimum atomic E-state index is -3.45. The fourth-order valence-electron chi connectivity index (χ4n) is 2.58. The zero-order valence-corrected chi connectivity index (χ0v) is 15.5. The number of piperidine rings is 1. The van der Waals surface area contributed by atoms with Crippen LogP contribution in [0, 0.1) is 12.8 Å². The molecule has 1 aliphatic heterocycles. The molecule has 1 fully saturated rings. The van der Waals surface area contributed by atoms with Gasteiger partial charge in [0.2, 0.25) is 10.0 Å². The highest BCUT2D eigenvalue weighted by molar-refractivity contribution is 9.10. The second-order valence-electron chi connectivity index (χ2n) is 5.51. The first kappa shape index (κ1) is 18.9. The molecule has 0 amide bonds. The number of nitrogens with zero attached hydrogens (tertiary/aromatic N) is 1. The molecule has 120 valence electrons. The molecule has 7 heteroatoms. The smallest absolute Gasteiger partial charge is 0.244 e. The summed E-state index contributed by atoms with van der Waals surface area (Å²) in [5, 5.41) is 0. The highest BCUT2D eigenvalue weighted by atomic mass is 79.9. The maximum absolute atomic E-state index is 12.8. The van der Waals surface area contributed by atoms with Crippen LogP contribution in [-0.4, -0.2) is 31.9 Å². The lowest BCUT2D eigenvalue weighted by Gasteiger charge is -2.34. The largest absolute Gasteiger partial charge is 0.328 e. The minimum absolute atomic E-state index is 0. The van der Waals surface area contributed by atoms with Gasteiger partial charge in [-0.1, -0.05) is 12.1 Å². The van der Waals surface area contributed by atoms with Crippen molar-refractivity contribution in [3.63, 3.8) is 0 Å². The number of hydrogen-bond acceptors (Lipinski definition) is 3. The van der Waals surface area contributed by atoms with Gasteiger partial charge in [-0.3, -0.25) is 0 Å². The Morgan fingerprint density at radius 3 is 2.71 bits per heavy atom. The number of halogens is 2. The van der Waals surface area contributed by atoms with Gasteiger partial charge in [0.25, 0.3) is 0 Å². The number of benzene rings is 1. The summed E-state index contributed by atoms with van der Waals surface area (Å²) in [6.45, 7) is 4.93. The van der Waals surface area contributed by atoms with Gasteiger partial charge in [-0.25, -0.2) is 8.42 Å². The van der Waals surface area contributed by atoms with Gasteiger partial charge in [-0.15, -0.1) is 12.4 Å². The van der Waals surface area contributed by atoms with Crippen molar-refractivity contribution in [1.29, 1.82) is 0 Å². The molecular formula is C14H22BrClN2O2S. The average molecular weight is 398 g/mol. The Morgan fingerprint density at radius 2 is 2.10 bits per heavy atom. The zero-order valence-electron chi connectivity index (χ0n) is 12.3. The van der Waals surface area contributed by atoms with Crippen LogP contribution in [0.3, 0.4) is 0 Å². The summed E-state index contributed by atoms with van der Waals surface area (Å²) in [5.74, 6) is 0.238. The SMILES string of the molecule is Cc1cccc(S(=O)(=O)N2CCCC(C(C)N)C2)c1Br.Cl. The Labute approximate surface area is 141 Å². The third-order valence-corrected chi connectivity index (χ3v) is 7.16. The van der Waals surface area contributed by atoms with E-state index in [0.29, 0.717) is 22.5 Å². The van der Waals surface area contributed by atoms with Gasteiger partial charge < -0.3 is 5.73 Å². The first-order valence-electron chi connectivity index (χ1n) is 6.85. The molecule has 21 heavy (non-hydrogen) atoms. The number of aryl methyl sites for hydroxylation is 1. The van der Waals surface area contributed by atoms with E-state index >= 15 is 0 Å². The van der Waals surface area contributed by atoms with Crippen LogP contribution in [0.15, 0.2) is 27.6 Å². The fourth-order valence-corrected chi connectivity index (χ4v) is 5.13. The van der Waals surface area contributed by atoms with Crippen molar-refractivity contribution in [1.82, 2.24) is 4.31 Å². The van der Waals surface area contributed by atoms with Gasteiger partial charge in [0.1, 0.15) is 0 Å². The normalized spacial score (nSPS) is 21.6. The van der Waals surface area contributed by atoms with E-state index in [9.17, 15) is 8.42 Å². The molecule has 0 spiro atoms. The van der Waals surface area contributed by atoms with E-state index in [2.05, 4.69) is 15.9 Å². The van der Waals surface area contributed by atoms with Crippen LogP contribution in [0.4, 0.5) is 0 Å². The van der Waals surface area contributed by atoms with Gasteiger partial charge in [-0.05, 0) is 60.2 Å². The number of nitrogens with two attached hydrogens (primary N) is 1. The van der Waals surface area contributed by atoms with Crippen LogP contribution in [0.2, 0.25) is 0 Å². The summed E-state index contributed by atoms with van der Waals surface area (Å²) in [5.41, 5.74) is 6.86. The summed E-state index contributed by atoms with van der Waals surface area (Å²) >= 11 is 3.40. The van der Waals surface area contributed by atoms with E-state index in [1.54, 1.807) is 16.4 Å². The number of rotatable bonds is 3. The van der Waals surface area contributed by atoms with Gasteiger partial charge in [0, 0.05) is 23.6 Å². The van der Waals surface area contributed by atoms with Crippen LogP contribution in [0.1, 0.15) is 25.3 Å². The summed E-state index contributed by atoms with van der Waals surface area (Å²) in [6.07, 6.45) is 1.87. The average Bonchev–Trinajstić information content (AvgIpc) is 2.41. The maximum Gasteiger partial charge on any atom is 0.244 e. The Morgan fingerprint density at radius 1 is 1.43 bits per heavy atom. The lowest BCUT2D eigenvalue weighted by molar-refractivity contribution is 0.243. The minimum Gasteiger partial charge on any atom is -0.328 e. The predicted octanol–water partition coefficient (Wildman–Crippen LogP) is 2.93. The molecule has 0 bridgehead atoms. The monoisotopic (exact) mass is 396 g/mol. The highest BCUT2D eigenvalue weighted by Crippen LogP contribution is 2.30. The first-order valence-corrected chi connectivity index (χ1v) is 9.08. The molecule has 2 N–H and O–H groups in total. The van der Waals surface area contributed by atoms with Gasteiger partial charge >= 0.3 is 0 Å². The molecule has 4 nitrogen and oxygen atoms in total. The molecule has 0 aromatic heterocycles. The van der Waals surface area contributed by atoms with Crippen molar-refractivity contribution in [2.75, 3.05) is 13.1 Å². The van der Waals surface area contributed by atoms with Crippen molar-refractivity contribution in [2.45, 2.75) is 37.6 Å². The summed E-state index contributed by atoms with van der Waals surface area (Å²) in [6, 6.07) is 5.35. The van der Waals surface area contributed by atoms with Gasteiger partial charge in [-0.2, -0.15) is 4.31 Å². The maximum atomic E-state index is 12.8. The molecule has 0 aliphatic carbocycles. The Hall–Kier alpha value is -0.140. The quantitative estimate of drug-likeness (QED) is 0.853. The number of hydrogen-bond donors (Lipinski definition) is 1. The molecule has 2 rings (SSSR count). The van der Waals surface area contributed by atoms with Gasteiger partial charge in [0.05, 0.1) is 4.90 Å². The Bertz CT molecular complexity index is 593. The van der Waals surface area contributed by atoms with Crippen LogP contribution < -0.4 is 5.73 Å². The van der Waals surface area contributed by atoms with E-state index in [1.165, 1.54) is 0 Å². The lowest BCUT2D eigenvalue weighted by atomic mass is 9.93. The van der Waals surface area contributed by atoms with Crippen molar-refractivity contribution < 1.29 is 8.42 Å². The van der Waals surface area contributed by atoms with Crippen LogP contribution in [0.5, 0.6) is 0 Å². The number of sulfonamides is 1. The second-order valence-corrected chi connectivity index (χ2v) is 8.21. The molecule has 1 aliphatic rings. The highest BCUT2D eigenvalue weighted by Gasteiger charge is 2.32. The molecule has 2 unspecified atom stereocenters. The van der Waals surface area contributed by atoms with E-state index < -0.39 is 10.0 Å². The first-order chi connectivity index (χ1) is 9.34. The van der Waals surface area contributed by atoms with Crippen LogP contribution in [-0.2, 0) is 10.0 Å². The summed E-state index contributed by atoms with van der Waals surface area (Å²) in [7, 11) is -3.45. The predicted molar refractivity (Wildman–Crippen MR) is 91.3 cm³/mol. The van der Waals surface area contributed by atoms with Gasteiger partial charge in [0.15, 0.2) is 0 Å². The summed E-state index contributed by atoms with van der Waals surface area (Å²) in [4.78, 5) is 0.350. The van der Waals surface area contributed by atoms with Crippen molar-refractivity contribution in [2.24, 2.45) is 11.7 Å². The van der Waals surface area contributed by atoms with Crippen molar-refractivity contribution >= 4 is 38.4 Å². The summed E-state index contributed by atoms with van der Waals surface area (Å²) < 4.78 is 27.8. The van der Waals surface area contributed by atoms with Crippen LogP contribution >= 0.6 is 28.3 Å². The molecule has 1 aromatic carbocycles. The Kier molecular flexibility index (Phi) is 6.68. The van der Waals surface area contributed by atoms with Crippen LogP contribution in [0.25, 0.3) is 0 Å². The second kappa shape index (κ2) is 7.42. The third-order valence-electron chi connectivity index (χ3n) is 3.94.